The fraction of sp³-hybridized carbons (Fsp3) is 0. The maximum absolute atomic E-state index is 12.3. The Morgan fingerprint density at radius 3 is 2.71 bits per heavy atom. The minimum atomic E-state index is -0.424. The number of para-hydroxylation sites is 1. The van der Waals surface area contributed by atoms with Crippen molar-refractivity contribution in [3.8, 4) is 0 Å². The van der Waals surface area contributed by atoms with Crippen LogP contribution in [-0.4, -0.2) is 5.91 Å². The van der Waals surface area contributed by atoms with Crippen LogP contribution in [0.3, 0.4) is 0 Å². The molecule has 0 bridgehead atoms. The molecule has 120 valence electrons. The molecule has 0 fully saturated rings. The van der Waals surface area contributed by atoms with Crippen molar-refractivity contribution in [3.05, 3.63) is 80.6 Å². The second-order valence-corrected chi connectivity index (χ2v) is 5.81. The van der Waals surface area contributed by atoms with Gasteiger partial charge in [0, 0.05) is 11.1 Å². The number of fused-ring (bicyclic) bond motifs is 1. The van der Waals surface area contributed by atoms with E-state index in [2.05, 4.69) is 5.32 Å². The van der Waals surface area contributed by atoms with Crippen molar-refractivity contribution in [2.45, 2.75) is 0 Å². The molecule has 0 atom stereocenters. The Hall–Kier alpha value is -2.56. The summed E-state index contributed by atoms with van der Waals surface area (Å²) in [5.41, 5.74) is 1.01. The Balaban J connectivity index is 1.81. The first-order chi connectivity index (χ1) is 11.5. The summed E-state index contributed by atoms with van der Waals surface area (Å²) in [7, 11) is 0. The Labute approximate surface area is 147 Å². The number of hydrogen-bond acceptors (Lipinski definition) is 3. The average Bonchev–Trinajstić information content (AvgIpc) is 2.57. The van der Waals surface area contributed by atoms with Crippen molar-refractivity contribution in [2.24, 2.45) is 0 Å². The van der Waals surface area contributed by atoms with Crippen molar-refractivity contribution in [2.75, 3.05) is 5.32 Å². The summed E-state index contributed by atoms with van der Waals surface area (Å²) in [6.07, 6.45) is 3.97. The van der Waals surface area contributed by atoms with Gasteiger partial charge in [0.15, 0.2) is 5.43 Å². The highest BCUT2D eigenvalue weighted by Gasteiger charge is 2.06. The molecule has 1 amide bonds. The number of anilines is 1. The van der Waals surface area contributed by atoms with Gasteiger partial charge in [-0.25, -0.2) is 0 Å². The van der Waals surface area contributed by atoms with Crippen LogP contribution in [0.25, 0.3) is 17.0 Å². The lowest BCUT2D eigenvalue weighted by Crippen LogP contribution is -2.09. The van der Waals surface area contributed by atoms with E-state index in [9.17, 15) is 9.59 Å². The second-order valence-electron chi connectivity index (χ2n) is 4.96. The van der Waals surface area contributed by atoms with E-state index in [1.165, 1.54) is 24.5 Å². The topological polar surface area (TPSA) is 59.3 Å². The number of benzene rings is 2. The maximum Gasteiger partial charge on any atom is 0.248 e. The molecule has 0 saturated heterocycles. The minimum absolute atomic E-state index is 0.203. The zero-order valence-electron chi connectivity index (χ0n) is 12.3. The molecular formula is C18H11Cl2NO3. The lowest BCUT2D eigenvalue weighted by molar-refractivity contribution is -0.111. The smallest absolute Gasteiger partial charge is 0.248 e. The van der Waals surface area contributed by atoms with Gasteiger partial charge >= 0.3 is 0 Å². The number of amides is 1. The van der Waals surface area contributed by atoms with Crippen molar-refractivity contribution in [3.63, 3.8) is 0 Å². The summed E-state index contributed by atoms with van der Waals surface area (Å²) < 4.78 is 5.39. The molecule has 6 heteroatoms. The van der Waals surface area contributed by atoms with E-state index >= 15 is 0 Å². The monoisotopic (exact) mass is 359 g/mol. The number of carbonyl (C=O) groups is 1. The predicted octanol–water partition coefficient (Wildman–Crippen LogP) is 4.75. The zero-order valence-corrected chi connectivity index (χ0v) is 13.8. The third-order valence-electron chi connectivity index (χ3n) is 3.31. The molecule has 4 nitrogen and oxygen atoms in total. The fourth-order valence-corrected chi connectivity index (χ4v) is 2.59. The van der Waals surface area contributed by atoms with Crippen LogP contribution in [0.5, 0.6) is 0 Å². The summed E-state index contributed by atoms with van der Waals surface area (Å²) in [5.74, 6) is -0.424. The number of hydrogen-bond donors (Lipinski definition) is 1. The van der Waals surface area contributed by atoms with Crippen molar-refractivity contribution >= 4 is 51.8 Å². The molecule has 0 aliphatic rings. The molecule has 0 aliphatic heterocycles. The summed E-state index contributed by atoms with van der Waals surface area (Å²) in [6.45, 7) is 0. The van der Waals surface area contributed by atoms with Gasteiger partial charge in [0.2, 0.25) is 5.91 Å². The Morgan fingerprint density at radius 2 is 1.92 bits per heavy atom. The molecule has 0 saturated carbocycles. The molecule has 0 unspecified atom stereocenters. The van der Waals surface area contributed by atoms with Gasteiger partial charge in [0.05, 0.1) is 21.7 Å². The molecule has 0 aliphatic carbocycles. The van der Waals surface area contributed by atoms with E-state index in [0.717, 1.165) is 0 Å². The third kappa shape index (κ3) is 3.50. The van der Waals surface area contributed by atoms with Crippen LogP contribution >= 0.6 is 23.2 Å². The average molecular weight is 360 g/mol. The summed E-state index contributed by atoms with van der Waals surface area (Å²) in [4.78, 5) is 24.3. The van der Waals surface area contributed by atoms with Crippen LogP contribution in [0, 0.1) is 0 Å². The van der Waals surface area contributed by atoms with E-state index in [1.54, 1.807) is 36.4 Å². The number of rotatable bonds is 3. The fourth-order valence-electron chi connectivity index (χ4n) is 2.14. The first kappa shape index (κ1) is 16.3. The van der Waals surface area contributed by atoms with E-state index in [0.29, 0.717) is 26.7 Å². The van der Waals surface area contributed by atoms with Gasteiger partial charge in [-0.15, -0.1) is 0 Å². The molecular weight excluding hydrogens is 349 g/mol. The molecule has 3 aromatic rings. The highest BCUT2D eigenvalue weighted by Crippen LogP contribution is 2.25. The second kappa shape index (κ2) is 6.91. The van der Waals surface area contributed by atoms with Crippen LogP contribution < -0.4 is 10.7 Å². The molecule has 2 aromatic carbocycles. The predicted molar refractivity (Wildman–Crippen MR) is 96.6 cm³/mol. The first-order valence-corrected chi connectivity index (χ1v) is 7.75. The molecule has 1 aromatic heterocycles. The van der Waals surface area contributed by atoms with Crippen molar-refractivity contribution in [1.29, 1.82) is 0 Å². The zero-order chi connectivity index (χ0) is 17.1. The van der Waals surface area contributed by atoms with Gasteiger partial charge in [-0.2, -0.15) is 0 Å². The number of halogens is 2. The highest BCUT2D eigenvalue weighted by molar-refractivity contribution is 6.36. The third-order valence-corrected chi connectivity index (χ3v) is 3.86. The van der Waals surface area contributed by atoms with Gasteiger partial charge in [-0.05, 0) is 36.4 Å². The van der Waals surface area contributed by atoms with Gasteiger partial charge in [-0.1, -0.05) is 35.3 Å². The molecule has 24 heavy (non-hydrogen) atoms. The van der Waals surface area contributed by atoms with Gasteiger partial charge in [0.25, 0.3) is 0 Å². The van der Waals surface area contributed by atoms with Crippen LogP contribution in [0.2, 0.25) is 10.0 Å². The summed E-state index contributed by atoms with van der Waals surface area (Å²) >= 11 is 11.8. The van der Waals surface area contributed by atoms with Crippen molar-refractivity contribution in [1.82, 2.24) is 0 Å². The van der Waals surface area contributed by atoms with E-state index < -0.39 is 5.91 Å². The van der Waals surface area contributed by atoms with Crippen LogP contribution in [-0.2, 0) is 4.79 Å². The molecule has 0 spiro atoms. The normalized spacial score (nSPS) is 11.1. The Morgan fingerprint density at radius 1 is 1.12 bits per heavy atom. The molecule has 3 rings (SSSR count). The minimum Gasteiger partial charge on any atom is -0.463 e. The number of nitrogens with one attached hydrogen (secondary N) is 1. The lowest BCUT2D eigenvalue weighted by Gasteiger charge is -2.04. The summed E-state index contributed by atoms with van der Waals surface area (Å²) in [6, 6.07) is 11.7. The van der Waals surface area contributed by atoms with E-state index in [-0.39, 0.29) is 11.0 Å². The quantitative estimate of drug-likeness (QED) is 0.686. The molecule has 1 N–H and O–H groups in total. The summed E-state index contributed by atoms with van der Waals surface area (Å²) in [5, 5.41) is 3.88. The Bertz CT molecular complexity index is 1010. The van der Waals surface area contributed by atoms with Gasteiger partial charge < -0.3 is 9.73 Å². The standard InChI is InChI=1S/C18H11Cl2NO3/c19-12-6-7-15(14(20)9-12)21-17(22)8-5-11-10-24-16-4-2-1-3-13(16)18(11)23/h1-10H,(H,21,22)/b8-5+. The SMILES string of the molecule is O=C(/C=C/c1coc2ccccc2c1=O)Nc1ccc(Cl)cc1Cl. The Kier molecular flexibility index (Phi) is 4.69. The highest BCUT2D eigenvalue weighted by atomic mass is 35.5. The molecule has 0 radical (unpaired) electrons. The first-order valence-electron chi connectivity index (χ1n) is 6.99. The lowest BCUT2D eigenvalue weighted by atomic mass is 10.1. The number of carbonyl (C=O) groups excluding carboxylic acids is 1. The van der Waals surface area contributed by atoms with E-state index in [4.69, 9.17) is 27.6 Å². The van der Waals surface area contributed by atoms with Crippen LogP contribution in [0.15, 0.2) is 64.0 Å². The van der Waals surface area contributed by atoms with Crippen LogP contribution in [0.4, 0.5) is 5.69 Å². The molecule has 1 heterocycles. The maximum atomic E-state index is 12.3. The van der Waals surface area contributed by atoms with Crippen molar-refractivity contribution < 1.29 is 9.21 Å². The van der Waals surface area contributed by atoms with E-state index in [1.807, 2.05) is 0 Å². The van der Waals surface area contributed by atoms with Gasteiger partial charge in [0.1, 0.15) is 11.8 Å². The largest absolute Gasteiger partial charge is 0.463 e. The van der Waals surface area contributed by atoms with Gasteiger partial charge in [-0.3, -0.25) is 9.59 Å². The van der Waals surface area contributed by atoms with Crippen LogP contribution in [0.1, 0.15) is 5.56 Å².